The first-order valence-corrected chi connectivity index (χ1v) is 6.62. The summed E-state index contributed by atoms with van der Waals surface area (Å²) in [5, 5.41) is 0.253. The number of fused-ring (bicyclic) bond motifs is 1. The largest absolute Gasteiger partial charge is 0.297 e. The highest BCUT2D eigenvalue weighted by molar-refractivity contribution is 6.36. The highest BCUT2D eigenvalue weighted by Crippen LogP contribution is 2.35. The number of anilines is 1. The van der Waals surface area contributed by atoms with E-state index in [0.29, 0.717) is 24.3 Å². The summed E-state index contributed by atoms with van der Waals surface area (Å²) in [6.07, 6.45) is 1.20. The van der Waals surface area contributed by atoms with Crippen molar-refractivity contribution in [2.24, 2.45) is 0 Å². The molecule has 0 aliphatic carbocycles. The molecule has 0 atom stereocenters. The second kappa shape index (κ2) is 4.66. The SMILES string of the molecule is Cc1c(N2CCCC2=O)nc2cc(F)cc(F)c2c1Cl. The first-order chi connectivity index (χ1) is 9.49. The minimum absolute atomic E-state index is 0.0482. The number of nitrogens with zero attached hydrogens (tertiary/aromatic N) is 2. The Kier molecular flexibility index (Phi) is 3.09. The zero-order valence-electron chi connectivity index (χ0n) is 10.7. The van der Waals surface area contributed by atoms with Crippen molar-refractivity contribution in [2.75, 3.05) is 11.4 Å². The van der Waals surface area contributed by atoms with E-state index in [2.05, 4.69) is 4.98 Å². The molecule has 20 heavy (non-hydrogen) atoms. The molecule has 0 bridgehead atoms. The summed E-state index contributed by atoms with van der Waals surface area (Å²) in [6, 6.07) is 1.89. The van der Waals surface area contributed by atoms with Crippen molar-refractivity contribution < 1.29 is 13.6 Å². The first kappa shape index (κ1) is 13.2. The van der Waals surface area contributed by atoms with Crippen LogP contribution in [0.15, 0.2) is 12.1 Å². The molecule has 1 aromatic heterocycles. The fourth-order valence-corrected chi connectivity index (χ4v) is 2.76. The van der Waals surface area contributed by atoms with E-state index in [-0.39, 0.29) is 21.8 Å². The summed E-state index contributed by atoms with van der Waals surface area (Å²) < 4.78 is 27.1. The summed E-state index contributed by atoms with van der Waals surface area (Å²) in [6.45, 7) is 2.23. The van der Waals surface area contributed by atoms with Crippen LogP contribution in [-0.4, -0.2) is 17.4 Å². The lowest BCUT2D eigenvalue weighted by Crippen LogP contribution is -2.25. The monoisotopic (exact) mass is 296 g/mol. The van der Waals surface area contributed by atoms with Gasteiger partial charge in [0.05, 0.1) is 15.9 Å². The molecule has 2 aromatic rings. The third-order valence-corrected chi connectivity index (χ3v) is 3.95. The molecule has 1 saturated heterocycles. The number of hydrogen-bond acceptors (Lipinski definition) is 2. The zero-order valence-corrected chi connectivity index (χ0v) is 11.5. The summed E-state index contributed by atoms with van der Waals surface area (Å²) in [5.74, 6) is -1.14. The second-order valence-electron chi connectivity index (χ2n) is 4.81. The Balaban J connectivity index is 2.29. The van der Waals surface area contributed by atoms with Gasteiger partial charge in [0, 0.05) is 30.7 Å². The van der Waals surface area contributed by atoms with Crippen LogP contribution in [0.2, 0.25) is 5.02 Å². The molecule has 1 amide bonds. The van der Waals surface area contributed by atoms with Gasteiger partial charge >= 0.3 is 0 Å². The van der Waals surface area contributed by atoms with Gasteiger partial charge in [0.1, 0.15) is 17.5 Å². The van der Waals surface area contributed by atoms with Crippen molar-refractivity contribution in [1.29, 1.82) is 0 Å². The molecule has 0 unspecified atom stereocenters. The van der Waals surface area contributed by atoms with Crippen LogP contribution in [-0.2, 0) is 4.79 Å². The molecule has 1 aliphatic rings. The molecule has 1 fully saturated rings. The van der Waals surface area contributed by atoms with E-state index in [1.807, 2.05) is 0 Å². The fourth-order valence-electron chi connectivity index (χ4n) is 2.48. The predicted octanol–water partition coefficient (Wildman–Crippen LogP) is 3.60. The van der Waals surface area contributed by atoms with Gasteiger partial charge in [0.2, 0.25) is 5.91 Å². The van der Waals surface area contributed by atoms with Gasteiger partial charge in [0.15, 0.2) is 0 Å². The molecule has 6 heteroatoms. The molecular formula is C14H11ClF2N2O. The van der Waals surface area contributed by atoms with Gasteiger partial charge in [-0.2, -0.15) is 0 Å². The van der Waals surface area contributed by atoms with Crippen LogP contribution >= 0.6 is 11.6 Å². The number of carbonyl (C=O) groups excluding carboxylic acids is 1. The maximum absolute atomic E-state index is 13.8. The van der Waals surface area contributed by atoms with Crippen LogP contribution in [0.3, 0.4) is 0 Å². The number of aromatic nitrogens is 1. The lowest BCUT2D eigenvalue weighted by molar-refractivity contribution is -0.117. The molecule has 104 valence electrons. The van der Waals surface area contributed by atoms with E-state index >= 15 is 0 Å². The van der Waals surface area contributed by atoms with Crippen molar-refractivity contribution in [2.45, 2.75) is 19.8 Å². The summed E-state index contributed by atoms with van der Waals surface area (Å²) in [4.78, 5) is 17.6. The normalized spacial score (nSPS) is 15.4. The Labute approximate surface area is 119 Å². The number of rotatable bonds is 1. The van der Waals surface area contributed by atoms with Crippen LogP contribution in [0.1, 0.15) is 18.4 Å². The van der Waals surface area contributed by atoms with Gasteiger partial charge in [-0.3, -0.25) is 9.69 Å². The van der Waals surface area contributed by atoms with Gasteiger partial charge < -0.3 is 0 Å². The Morgan fingerprint density at radius 3 is 2.75 bits per heavy atom. The maximum atomic E-state index is 13.8. The number of pyridine rings is 1. The third-order valence-electron chi connectivity index (χ3n) is 3.47. The van der Waals surface area contributed by atoms with Crippen molar-refractivity contribution >= 4 is 34.2 Å². The predicted molar refractivity (Wildman–Crippen MR) is 73.0 cm³/mol. The second-order valence-corrected chi connectivity index (χ2v) is 5.18. The van der Waals surface area contributed by atoms with Crippen LogP contribution in [0.25, 0.3) is 10.9 Å². The van der Waals surface area contributed by atoms with E-state index < -0.39 is 11.6 Å². The van der Waals surface area contributed by atoms with E-state index in [1.165, 1.54) is 4.90 Å². The number of hydrogen-bond donors (Lipinski definition) is 0. The van der Waals surface area contributed by atoms with Gasteiger partial charge in [-0.25, -0.2) is 13.8 Å². The average Bonchev–Trinajstić information content (AvgIpc) is 2.79. The van der Waals surface area contributed by atoms with Crippen molar-refractivity contribution in [3.05, 3.63) is 34.4 Å². The quantitative estimate of drug-likeness (QED) is 0.805. The molecule has 3 rings (SSSR count). The molecule has 1 aliphatic heterocycles. The van der Waals surface area contributed by atoms with E-state index in [9.17, 15) is 13.6 Å². The van der Waals surface area contributed by atoms with Gasteiger partial charge in [-0.1, -0.05) is 11.6 Å². The van der Waals surface area contributed by atoms with Gasteiger partial charge in [-0.15, -0.1) is 0 Å². The average molecular weight is 297 g/mol. The topological polar surface area (TPSA) is 33.2 Å². The molecule has 0 saturated carbocycles. The van der Waals surface area contributed by atoms with Gasteiger partial charge in [0.25, 0.3) is 0 Å². The summed E-state index contributed by atoms with van der Waals surface area (Å²) in [5.41, 5.74) is 0.646. The number of halogens is 3. The lowest BCUT2D eigenvalue weighted by atomic mass is 10.1. The Morgan fingerprint density at radius 1 is 1.35 bits per heavy atom. The Bertz CT molecular complexity index is 733. The Morgan fingerprint density at radius 2 is 2.10 bits per heavy atom. The van der Waals surface area contributed by atoms with E-state index in [0.717, 1.165) is 18.6 Å². The van der Waals surface area contributed by atoms with E-state index in [1.54, 1.807) is 6.92 Å². The molecule has 0 radical (unpaired) electrons. The van der Waals surface area contributed by atoms with Crippen LogP contribution in [0.5, 0.6) is 0 Å². The molecule has 1 aromatic carbocycles. The van der Waals surface area contributed by atoms with Crippen molar-refractivity contribution in [1.82, 2.24) is 4.98 Å². The number of amides is 1. The van der Waals surface area contributed by atoms with Crippen LogP contribution < -0.4 is 4.90 Å². The lowest BCUT2D eigenvalue weighted by Gasteiger charge is -2.19. The van der Waals surface area contributed by atoms with Crippen LogP contribution in [0.4, 0.5) is 14.6 Å². The van der Waals surface area contributed by atoms with Crippen molar-refractivity contribution in [3.8, 4) is 0 Å². The van der Waals surface area contributed by atoms with E-state index in [4.69, 9.17) is 11.6 Å². The summed E-state index contributed by atoms with van der Waals surface area (Å²) in [7, 11) is 0. The smallest absolute Gasteiger partial charge is 0.228 e. The highest BCUT2D eigenvalue weighted by atomic mass is 35.5. The fraction of sp³-hybridized carbons (Fsp3) is 0.286. The Hall–Kier alpha value is -1.75. The maximum Gasteiger partial charge on any atom is 0.228 e. The molecule has 2 heterocycles. The first-order valence-electron chi connectivity index (χ1n) is 6.24. The minimum atomic E-state index is -0.750. The van der Waals surface area contributed by atoms with Crippen molar-refractivity contribution in [3.63, 3.8) is 0 Å². The zero-order chi connectivity index (χ0) is 14.4. The highest BCUT2D eigenvalue weighted by Gasteiger charge is 2.26. The third kappa shape index (κ3) is 1.93. The molecule has 0 spiro atoms. The number of benzene rings is 1. The summed E-state index contributed by atoms with van der Waals surface area (Å²) >= 11 is 6.17. The molecular weight excluding hydrogens is 286 g/mol. The van der Waals surface area contributed by atoms with Gasteiger partial charge in [-0.05, 0) is 13.3 Å². The molecule has 0 N–H and O–H groups in total. The standard InChI is InChI=1S/C14H11ClF2N2O/c1-7-13(15)12-9(17)5-8(16)6-10(12)18-14(7)19-4-2-3-11(19)20/h5-6H,2-4H2,1H3. The molecule has 3 nitrogen and oxygen atoms in total. The minimum Gasteiger partial charge on any atom is -0.297 e. The van der Waals surface area contributed by atoms with Crippen LogP contribution in [0, 0.1) is 18.6 Å². The number of carbonyl (C=O) groups is 1.